The van der Waals surface area contributed by atoms with E-state index in [1.54, 1.807) is 0 Å². The van der Waals surface area contributed by atoms with Crippen molar-refractivity contribution in [1.82, 2.24) is 4.57 Å². The van der Waals surface area contributed by atoms with Gasteiger partial charge < -0.3 is 13.9 Å². The zero-order valence-electron chi connectivity index (χ0n) is 33.1. The molecular weight excluding hydrogens is 741 g/mol. The minimum absolute atomic E-state index is 0.867. The number of aromatic nitrogens is 1. The van der Waals surface area contributed by atoms with Gasteiger partial charge in [-0.15, -0.1) is 0 Å². The molecule has 0 amide bonds. The predicted molar refractivity (Wildman–Crippen MR) is 258 cm³/mol. The van der Waals surface area contributed by atoms with Crippen molar-refractivity contribution in [2.45, 2.75) is 0 Å². The molecule has 3 heteroatoms. The Hall–Kier alpha value is -8.14. The van der Waals surface area contributed by atoms with Crippen molar-refractivity contribution in [3.8, 4) is 16.8 Å². The molecule has 11 aromatic carbocycles. The lowest BCUT2D eigenvalue weighted by atomic mass is 9.99. The first-order valence-electron chi connectivity index (χ1n) is 20.9. The second kappa shape index (κ2) is 13.2. The van der Waals surface area contributed by atoms with Crippen molar-refractivity contribution in [3.05, 3.63) is 218 Å². The second-order valence-corrected chi connectivity index (χ2v) is 16.1. The molecule has 0 saturated heterocycles. The van der Waals surface area contributed by atoms with E-state index in [0.717, 1.165) is 55.6 Å². The number of nitrogens with zero attached hydrogens (tertiary/aromatic N) is 2. The van der Waals surface area contributed by atoms with Gasteiger partial charge in [-0.2, -0.15) is 0 Å². The fourth-order valence-corrected chi connectivity index (χ4v) is 9.88. The Morgan fingerprint density at radius 3 is 1.75 bits per heavy atom. The number of hydrogen-bond donors (Lipinski definition) is 0. The number of furan rings is 1. The summed E-state index contributed by atoms with van der Waals surface area (Å²) in [6.45, 7) is 0. The Balaban J connectivity index is 1.01. The van der Waals surface area contributed by atoms with E-state index in [0.29, 0.717) is 0 Å². The number of hydrogen-bond acceptors (Lipinski definition) is 2. The maximum absolute atomic E-state index is 6.73. The van der Waals surface area contributed by atoms with Gasteiger partial charge in [0, 0.05) is 44.0 Å². The fraction of sp³-hybridized carbons (Fsp3) is 0. The van der Waals surface area contributed by atoms with Gasteiger partial charge in [-0.3, -0.25) is 0 Å². The lowest BCUT2D eigenvalue weighted by Gasteiger charge is -2.27. The molecule has 0 aliphatic heterocycles. The average Bonchev–Trinajstić information content (AvgIpc) is 3.89. The van der Waals surface area contributed by atoms with E-state index in [4.69, 9.17) is 4.42 Å². The highest BCUT2D eigenvalue weighted by molar-refractivity contribution is 6.21. The topological polar surface area (TPSA) is 21.3 Å². The maximum atomic E-state index is 6.73. The van der Waals surface area contributed by atoms with Crippen molar-refractivity contribution in [3.63, 3.8) is 0 Å². The summed E-state index contributed by atoms with van der Waals surface area (Å²) in [4.78, 5) is 2.40. The van der Waals surface area contributed by atoms with Crippen LogP contribution < -0.4 is 4.90 Å². The summed E-state index contributed by atoms with van der Waals surface area (Å²) in [6.07, 6.45) is 0. The number of para-hydroxylation sites is 1. The highest BCUT2D eigenvalue weighted by Crippen LogP contribution is 2.46. The first kappa shape index (κ1) is 33.8. The zero-order chi connectivity index (χ0) is 40.0. The van der Waals surface area contributed by atoms with Crippen molar-refractivity contribution >= 4 is 104 Å². The first-order chi connectivity index (χ1) is 30.2. The predicted octanol–water partition coefficient (Wildman–Crippen LogP) is 16.4. The first-order valence-corrected chi connectivity index (χ1v) is 20.9. The summed E-state index contributed by atoms with van der Waals surface area (Å²) >= 11 is 0. The largest absolute Gasteiger partial charge is 0.455 e. The Kier molecular flexibility index (Phi) is 7.31. The summed E-state index contributed by atoms with van der Waals surface area (Å²) in [5, 5.41) is 14.4. The third-order valence-corrected chi connectivity index (χ3v) is 12.7. The molecule has 0 spiro atoms. The Labute approximate surface area is 351 Å². The summed E-state index contributed by atoms with van der Waals surface area (Å²) in [5.41, 5.74) is 10.9. The highest BCUT2D eigenvalue weighted by Gasteiger charge is 2.22. The average molecular weight is 777 g/mol. The quantitative estimate of drug-likeness (QED) is 0.162. The van der Waals surface area contributed by atoms with Gasteiger partial charge in [0.1, 0.15) is 11.2 Å². The van der Waals surface area contributed by atoms with Crippen LogP contribution in [0.2, 0.25) is 0 Å². The molecule has 0 atom stereocenters. The van der Waals surface area contributed by atoms with E-state index in [9.17, 15) is 0 Å². The molecule has 0 radical (unpaired) electrons. The number of rotatable bonds is 5. The van der Waals surface area contributed by atoms with Gasteiger partial charge in [0.15, 0.2) is 0 Å². The van der Waals surface area contributed by atoms with Crippen LogP contribution >= 0.6 is 0 Å². The van der Waals surface area contributed by atoms with E-state index in [-0.39, 0.29) is 0 Å². The van der Waals surface area contributed by atoms with Crippen LogP contribution in [-0.2, 0) is 0 Å². The standard InChI is InChI=1S/C58H36N2O/c1-2-14-43(15-3-1)60-54-35-42(28-32-49(54)50-33-26-39-12-5-8-17-47(39)57(50)60)37-23-29-44(30-24-37)59(45-31-25-41-22-21-38-11-4-7-16-46(38)52(41)36-45)53-19-10-20-55-56(53)51-34-27-40-13-6-9-18-48(40)58(51)61-55/h1-36H. The molecule has 0 fully saturated rings. The Morgan fingerprint density at radius 1 is 0.361 bits per heavy atom. The van der Waals surface area contributed by atoms with Crippen molar-refractivity contribution in [2.75, 3.05) is 4.90 Å². The molecule has 0 N–H and O–H groups in total. The molecule has 3 nitrogen and oxygen atoms in total. The third-order valence-electron chi connectivity index (χ3n) is 12.7. The van der Waals surface area contributed by atoms with Crippen molar-refractivity contribution < 1.29 is 4.42 Å². The SMILES string of the molecule is c1ccc(-n2c3cc(-c4ccc(N(c5ccc6ccc7ccccc7c6c5)c5cccc6oc7c8ccccc8ccc7c56)cc4)ccc3c3ccc4ccccc4c32)cc1. The van der Waals surface area contributed by atoms with Crippen LogP contribution in [0.4, 0.5) is 17.1 Å². The summed E-state index contributed by atoms with van der Waals surface area (Å²) in [5.74, 6) is 0. The smallest absolute Gasteiger partial charge is 0.143 e. The van der Waals surface area contributed by atoms with Crippen LogP contribution in [0.15, 0.2) is 223 Å². The van der Waals surface area contributed by atoms with Gasteiger partial charge in [0.05, 0.1) is 22.1 Å². The molecule has 0 bridgehead atoms. The minimum atomic E-state index is 0.867. The molecule has 284 valence electrons. The third kappa shape index (κ3) is 5.17. The van der Waals surface area contributed by atoms with E-state index >= 15 is 0 Å². The van der Waals surface area contributed by atoms with Crippen LogP contribution in [-0.4, -0.2) is 4.57 Å². The molecule has 13 rings (SSSR count). The second-order valence-electron chi connectivity index (χ2n) is 16.1. The lowest BCUT2D eigenvalue weighted by molar-refractivity contribution is 0.672. The number of anilines is 3. The monoisotopic (exact) mass is 776 g/mol. The molecule has 0 aliphatic rings. The van der Waals surface area contributed by atoms with E-state index in [1.165, 1.54) is 65.1 Å². The lowest BCUT2D eigenvalue weighted by Crippen LogP contribution is -2.10. The van der Waals surface area contributed by atoms with Crippen molar-refractivity contribution in [1.29, 1.82) is 0 Å². The normalized spacial score (nSPS) is 11.9. The van der Waals surface area contributed by atoms with Gasteiger partial charge in [-0.05, 0) is 104 Å². The molecule has 2 aromatic heterocycles. The zero-order valence-corrected chi connectivity index (χ0v) is 33.1. The van der Waals surface area contributed by atoms with E-state index < -0.39 is 0 Å². The van der Waals surface area contributed by atoms with Crippen molar-refractivity contribution in [2.24, 2.45) is 0 Å². The summed E-state index contributed by atoms with van der Waals surface area (Å²) < 4.78 is 9.17. The Morgan fingerprint density at radius 2 is 0.951 bits per heavy atom. The molecule has 13 aromatic rings. The Bertz CT molecular complexity index is 3880. The van der Waals surface area contributed by atoms with Crippen LogP contribution in [0.25, 0.3) is 104 Å². The molecule has 61 heavy (non-hydrogen) atoms. The number of fused-ring (bicyclic) bond motifs is 13. The van der Waals surface area contributed by atoms with Crippen LogP contribution in [0.3, 0.4) is 0 Å². The molecule has 2 heterocycles. The fourth-order valence-electron chi connectivity index (χ4n) is 9.88. The molecule has 0 unspecified atom stereocenters. The van der Waals surface area contributed by atoms with Crippen LogP contribution in [0, 0.1) is 0 Å². The minimum Gasteiger partial charge on any atom is -0.455 e. The van der Waals surface area contributed by atoms with Gasteiger partial charge in [-0.25, -0.2) is 0 Å². The highest BCUT2D eigenvalue weighted by atomic mass is 16.3. The van der Waals surface area contributed by atoms with E-state index in [2.05, 4.69) is 228 Å². The maximum Gasteiger partial charge on any atom is 0.143 e. The van der Waals surface area contributed by atoms with Gasteiger partial charge >= 0.3 is 0 Å². The summed E-state index contributed by atoms with van der Waals surface area (Å²) in [6, 6.07) is 79.3. The molecule has 0 saturated carbocycles. The van der Waals surface area contributed by atoms with Gasteiger partial charge in [0.25, 0.3) is 0 Å². The van der Waals surface area contributed by atoms with Gasteiger partial charge in [0.2, 0.25) is 0 Å². The number of benzene rings is 11. The van der Waals surface area contributed by atoms with Crippen LogP contribution in [0.5, 0.6) is 0 Å². The molecular formula is C58H36N2O. The van der Waals surface area contributed by atoms with Gasteiger partial charge in [-0.1, -0.05) is 158 Å². The van der Waals surface area contributed by atoms with E-state index in [1.807, 2.05) is 0 Å². The van der Waals surface area contributed by atoms with Crippen LogP contribution in [0.1, 0.15) is 0 Å². The summed E-state index contributed by atoms with van der Waals surface area (Å²) in [7, 11) is 0. The molecule has 0 aliphatic carbocycles.